The first-order valence-electron chi connectivity index (χ1n) is 10.5. The number of carbonyl (C=O) groups is 2. The van der Waals surface area contributed by atoms with Gasteiger partial charge in [0.1, 0.15) is 11.7 Å². The lowest BCUT2D eigenvalue weighted by Crippen LogP contribution is -2.37. The molecule has 0 bridgehead atoms. The van der Waals surface area contributed by atoms with Crippen molar-refractivity contribution in [3.8, 4) is 5.75 Å². The Morgan fingerprint density at radius 2 is 1.47 bits per heavy atom. The van der Waals surface area contributed by atoms with Crippen molar-refractivity contribution in [3.63, 3.8) is 0 Å². The van der Waals surface area contributed by atoms with Crippen molar-refractivity contribution < 1.29 is 32.3 Å². The molecule has 0 radical (unpaired) electrons. The lowest BCUT2D eigenvalue weighted by molar-refractivity contribution is -0.274. The number of alkyl halides is 3. The van der Waals surface area contributed by atoms with Gasteiger partial charge in [0.25, 0.3) is 5.91 Å². The van der Waals surface area contributed by atoms with Gasteiger partial charge in [-0.2, -0.15) is 0 Å². The monoisotopic (exact) mass is 468 g/mol. The molecule has 9 heteroatoms. The number of nitrogens with zero attached hydrogens (tertiary/aromatic N) is 2. The van der Waals surface area contributed by atoms with Crippen LogP contribution >= 0.6 is 0 Å². The molecule has 34 heavy (non-hydrogen) atoms. The van der Waals surface area contributed by atoms with Crippen molar-refractivity contribution in [1.29, 1.82) is 0 Å². The summed E-state index contributed by atoms with van der Waals surface area (Å²) in [5, 5.41) is 1.48. The van der Waals surface area contributed by atoms with E-state index in [4.69, 9.17) is 4.84 Å². The number of carbonyl (C=O) groups excluding carboxylic acids is 2. The second-order valence-corrected chi connectivity index (χ2v) is 8.12. The van der Waals surface area contributed by atoms with Crippen LogP contribution in [0.1, 0.15) is 17.2 Å². The Hall–Kier alpha value is -3.85. The predicted octanol–water partition coefficient (Wildman–Crippen LogP) is 4.94. The molecule has 0 N–H and O–H groups in total. The highest BCUT2D eigenvalue weighted by Gasteiger charge is 2.60. The summed E-state index contributed by atoms with van der Waals surface area (Å²) in [6, 6.07) is 20.4. The Morgan fingerprint density at radius 1 is 0.824 bits per heavy atom. The molecule has 0 aliphatic carbocycles. The van der Waals surface area contributed by atoms with Crippen LogP contribution in [0.2, 0.25) is 0 Å². The van der Waals surface area contributed by atoms with Gasteiger partial charge in [-0.15, -0.1) is 13.2 Å². The van der Waals surface area contributed by atoms with Crippen molar-refractivity contribution in [3.05, 3.63) is 90.0 Å². The van der Waals surface area contributed by atoms with Crippen LogP contribution in [0.4, 0.5) is 24.5 Å². The van der Waals surface area contributed by atoms with Crippen LogP contribution in [-0.2, 0) is 14.4 Å². The number of anilines is 2. The first-order valence-corrected chi connectivity index (χ1v) is 10.5. The van der Waals surface area contributed by atoms with E-state index >= 15 is 0 Å². The third-order valence-electron chi connectivity index (χ3n) is 5.87. The molecule has 0 unspecified atom stereocenters. The number of amides is 2. The number of rotatable bonds is 4. The average Bonchev–Trinajstić information content (AvgIpc) is 3.31. The van der Waals surface area contributed by atoms with Crippen LogP contribution in [0.15, 0.2) is 78.9 Å². The molecule has 0 spiro atoms. The number of hydrogen-bond donors (Lipinski definition) is 0. The van der Waals surface area contributed by atoms with Gasteiger partial charge in [-0.3, -0.25) is 14.4 Å². The fourth-order valence-corrected chi connectivity index (χ4v) is 4.37. The molecule has 174 valence electrons. The Morgan fingerprint density at radius 3 is 2.09 bits per heavy atom. The highest BCUT2D eigenvalue weighted by Crippen LogP contribution is 2.47. The molecule has 2 amide bonds. The Labute approximate surface area is 193 Å². The topological polar surface area (TPSA) is 59.1 Å². The quantitative estimate of drug-likeness (QED) is 0.508. The van der Waals surface area contributed by atoms with Crippen LogP contribution in [0.25, 0.3) is 0 Å². The normalized spacial score (nSPS) is 22.3. The van der Waals surface area contributed by atoms with E-state index < -0.39 is 36.2 Å². The van der Waals surface area contributed by atoms with Gasteiger partial charge in [0, 0.05) is 0 Å². The van der Waals surface area contributed by atoms with E-state index in [9.17, 15) is 22.8 Å². The lowest BCUT2D eigenvalue weighted by Gasteiger charge is -2.29. The summed E-state index contributed by atoms with van der Waals surface area (Å²) in [5.74, 6) is -2.19. The zero-order chi connectivity index (χ0) is 24.0. The van der Waals surface area contributed by atoms with Crippen LogP contribution in [0.5, 0.6) is 5.75 Å². The maximum absolute atomic E-state index is 13.5. The van der Waals surface area contributed by atoms with Crippen molar-refractivity contribution in [2.24, 2.45) is 5.92 Å². The number of aryl methyl sites for hydroxylation is 1. The van der Waals surface area contributed by atoms with Gasteiger partial charge in [-0.05, 0) is 48.9 Å². The van der Waals surface area contributed by atoms with Crippen LogP contribution < -0.4 is 14.7 Å². The van der Waals surface area contributed by atoms with Gasteiger partial charge in [0.05, 0.1) is 17.4 Å². The zero-order valence-corrected chi connectivity index (χ0v) is 17.9. The molecule has 3 aromatic carbocycles. The minimum atomic E-state index is -4.82. The number of para-hydroxylation sites is 1. The molecule has 0 aromatic heterocycles. The molecule has 2 aliphatic rings. The lowest BCUT2D eigenvalue weighted by atomic mass is 9.90. The first kappa shape index (κ1) is 22.0. The van der Waals surface area contributed by atoms with Gasteiger partial charge >= 0.3 is 6.36 Å². The third-order valence-corrected chi connectivity index (χ3v) is 5.87. The second-order valence-electron chi connectivity index (χ2n) is 8.12. The van der Waals surface area contributed by atoms with Crippen molar-refractivity contribution in [1.82, 2.24) is 0 Å². The Balaban J connectivity index is 1.53. The summed E-state index contributed by atoms with van der Waals surface area (Å²) < 4.78 is 41.7. The number of imide groups is 1. The molecule has 0 saturated carbocycles. The molecule has 5 rings (SSSR count). The van der Waals surface area contributed by atoms with Crippen LogP contribution in [0.3, 0.4) is 0 Å². The largest absolute Gasteiger partial charge is 0.573 e. The smallest absolute Gasteiger partial charge is 0.406 e. The van der Waals surface area contributed by atoms with E-state index in [-0.39, 0.29) is 5.75 Å². The summed E-state index contributed by atoms with van der Waals surface area (Å²) in [6.07, 6.45) is -5.88. The molecular formula is C25H19F3N2O4. The molecule has 6 nitrogen and oxygen atoms in total. The maximum atomic E-state index is 13.5. The Bertz CT molecular complexity index is 1210. The van der Waals surface area contributed by atoms with Gasteiger partial charge in [-0.1, -0.05) is 48.0 Å². The zero-order valence-electron chi connectivity index (χ0n) is 17.9. The van der Waals surface area contributed by atoms with Gasteiger partial charge in [-0.25, -0.2) is 9.96 Å². The summed E-state index contributed by atoms with van der Waals surface area (Å²) in [5.41, 5.74) is 2.55. The van der Waals surface area contributed by atoms with Crippen molar-refractivity contribution in [2.75, 3.05) is 9.96 Å². The number of hydroxylamine groups is 1. The van der Waals surface area contributed by atoms with E-state index in [1.54, 1.807) is 48.5 Å². The number of ether oxygens (including phenoxy) is 1. The van der Waals surface area contributed by atoms with E-state index in [1.165, 1.54) is 29.3 Å². The van der Waals surface area contributed by atoms with Crippen LogP contribution in [0, 0.1) is 12.8 Å². The van der Waals surface area contributed by atoms with Crippen molar-refractivity contribution >= 4 is 23.2 Å². The van der Waals surface area contributed by atoms with Gasteiger partial charge in [0.2, 0.25) is 5.91 Å². The first-order chi connectivity index (χ1) is 16.2. The number of halogens is 3. The van der Waals surface area contributed by atoms with Crippen molar-refractivity contribution in [2.45, 2.75) is 25.4 Å². The van der Waals surface area contributed by atoms with Gasteiger partial charge in [0.15, 0.2) is 6.10 Å². The minimum absolute atomic E-state index is 0.381. The van der Waals surface area contributed by atoms with Gasteiger partial charge < -0.3 is 4.74 Å². The summed E-state index contributed by atoms with van der Waals surface area (Å²) >= 11 is 0. The standard InChI is InChI=1S/C25H19F3N2O4/c1-15-7-11-17(12-8-15)29-23(31)20-21(16-9-13-19(14-10-16)33-25(26,27)28)30(34-22(20)24(29)32)18-5-3-2-4-6-18/h2-14,20-22H,1H3/t20-,21-,22+/m0/s1. The summed E-state index contributed by atoms with van der Waals surface area (Å²) in [6.45, 7) is 1.90. The summed E-state index contributed by atoms with van der Waals surface area (Å²) in [7, 11) is 0. The highest BCUT2D eigenvalue weighted by molar-refractivity contribution is 6.23. The number of fused-ring (bicyclic) bond motifs is 1. The second kappa shape index (κ2) is 8.18. The minimum Gasteiger partial charge on any atom is -0.406 e. The third kappa shape index (κ3) is 3.88. The van der Waals surface area contributed by atoms with E-state index in [0.29, 0.717) is 16.9 Å². The molecule has 2 aliphatic heterocycles. The van der Waals surface area contributed by atoms with Crippen LogP contribution in [-0.4, -0.2) is 24.3 Å². The average molecular weight is 468 g/mol. The molecule has 2 fully saturated rings. The highest BCUT2D eigenvalue weighted by atomic mass is 19.4. The SMILES string of the molecule is Cc1ccc(N2C(=O)[C@@H]3[C@@H](ON(c4ccccc4)[C@H]3c3ccc(OC(F)(F)F)cc3)C2=O)cc1. The fraction of sp³-hybridized carbons (Fsp3) is 0.200. The molecule has 2 heterocycles. The number of benzene rings is 3. The fourth-order valence-electron chi connectivity index (χ4n) is 4.37. The molecule has 2 saturated heterocycles. The molecular weight excluding hydrogens is 449 g/mol. The van der Waals surface area contributed by atoms with E-state index in [0.717, 1.165) is 10.5 Å². The maximum Gasteiger partial charge on any atom is 0.573 e. The molecule has 3 atom stereocenters. The predicted molar refractivity (Wildman–Crippen MR) is 117 cm³/mol. The summed E-state index contributed by atoms with van der Waals surface area (Å²) in [4.78, 5) is 33.9. The number of hydrogen-bond acceptors (Lipinski definition) is 5. The van der Waals surface area contributed by atoms with E-state index in [1.807, 2.05) is 13.0 Å². The molecule has 3 aromatic rings. The Kier molecular flexibility index (Phi) is 5.28. The van der Waals surface area contributed by atoms with E-state index in [2.05, 4.69) is 4.74 Å².